The lowest BCUT2D eigenvalue weighted by Crippen LogP contribution is -2.36. The second-order valence-corrected chi connectivity index (χ2v) is 4.42. The first-order chi connectivity index (χ1) is 9.81. The number of hydrogen-bond donors (Lipinski definition) is 2. The summed E-state index contributed by atoms with van der Waals surface area (Å²) in [5.41, 5.74) is 2.44. The molecule has 0 unspecified atom stereocenters. The summed E-state index contributed by atoms with van der Waals surface area (Å²) in [5.74, 6) is 0.772. The van der Waals surface area contributed by atoms with Crippen LogP contribution in [0.4, 0.5) is 0 Å². The molecule has 0 spiro atoms. The molecule has 0 radical (unpaired) electrons. The summed E-state index contributed by atoms with van der Waals surface area (Å²) in [6.07, 6.45) is 2.85. The van der Waals surface area contributed by atoms with E-state index in [2.05, 4.69) is 41.3 Å². The Morgan fingerprint density at radius 3 is 2.70 bits per heavy atom. The zero-order chi connectivity index (χ0) is 14.6. The van der Waals surface area contributed by atoms with Crippen molar-refractivity contribution in [1.29, 1.82) is 0 Å². The normalized spacial score (nSPS) is 11.2. The SMILES string of the molecule is C=CCNC(=NC)NCc1ccccc1COCCC. The number of hydrogen-bond acceptors (Lipinski definition) is 2. The number of guanidine groups is 1. The molecule has 2 N–H and O–H groups in total. The molecule has 0 saturated carbocycles. The molecular weight excluding hydrogens is 250 g/mol. The fourth-order valence-corrected chi connectivity index (χ4v) is 1.77. The molecule has 1 aromatic rings. The summed E-state index contributed by atoms with van der Waals surface area (Å²) in [5, 5.41) is 6.44. The largest absolute Gasteiger partial charge is 0.377 e. The minimum Gasteiger partial charge on any atom is -0.377 e. The van der Waals surface area contributed by atoms with Gasteiger partial charge in [0.25, 0.3) is 0 Å². The van der Waals surface area contributed by atoms with Crippen LogP contribution in [0.3, 0.4) is 0 Å². The number of benzene rings is 1. The van der Waals surface area contributed by atoms with Gasteiger partial charge >= 0.3 is 0 Å². The molecule has 0 amide bonds. The fourth-order valence-electron chi connectivity index (χ4n) is 1.77. The predicted molar refractivity (Wildman–Crippen MR) is 84.8 cm³/mol. The minimum absolute atomic E-state index is 0.657. The van der Waals surface area contributed by atoms with Crippen LogP contribution in [0.1, 0.15) is 24.5 Å². The molecule has 0 aliphatic heterocycles. The number of ether oxygens (including phenoxy) is 1. The summed E-state index contributed by atoms with van der Waals surface area (Å²) >= 11 is 0. The molecule has 1 aromatic carbocycles. The van der Waals surface area contributed by atoms with Crippen LogP contribution in [0.2, 0.25) is 0 Å². The van der Waals surface area contributed by atoms with Crippen LogP contribution >= 0.6 is 0 Å². The van der Waals surface area contributed by atoms with E-state index in [1.54, 1.807) is 13.1 Å². The van der Waals surface area contributed by atoms with Gasteiger partial charge in [0.15, 0.2) is 5.96 Å². The van der Waals surface area contributed by atoms with Gasteiger partial charge in [-0.15, -0.1) is 6.58 Å². The summed E-state index contributed by atoms with van der Waals surface area (Å²) in [7, 11) is 1.76. The van der Waals surface area contributed by atoms with E-state index in [1.807, 2.05) is 12.1 Å². The summed E-state index contributed by atoms with van der Waals surface area (Å²) in [4.78, 5) is 4.16. The third-order valence-electron chi connectivity index (χ3n) is 2.81. The van der Waals surface area contributed by atoms with Crippen molar-refractivity contribution < 1.29 is 4.74 Å². The number of rotatable bonds is 8. The van der Waals surface area contributed by atoms with Crippen molar-refractivity contribution in [2.24, 2.45) is 4.99 Å². The van der Waals surface area contributed by atoms with Crippen LogP contribution in [0.25, 0.3) is 0 Å². The first-order valence-electron chi connectivity index (χ1n) is 7.01. The lowest BCUT2D eigenvalue weighted by atomic mass is 10.1. The first-order valence-corrected chi connectivity index (χ1v) is 7.01. The van der Waals surface area contributed by atoms with Gasteiger partial charge in [-0.2, -0.15) is 0 Å². The maximum atomic E-state index is 5.62. The Kier molecular flexibility index (Phi) is 8.15. The van der Waals surface area contributed by atoms with Gasteiger partial charge in [0.2, 0.25) is 0 Å². The van der Waals surface area contributed by atoms with Crippen LogP contribution < -0.4 is 10.6 Å². The molecule has 0 bridgehead atoms. The van der Waals surface area contributed by atoms with Gasteiger partial charge in [-0.05, 0) is 17.5 Å². The number of nitrogens with zero attached hydrogens (tertiary/aromatic N) is 1. The van der Waals surface area contributed by atoms with Gasteiger partial charge in [0, 0.05) is 26.7 Å². The van der Waals surface area contributed by atoms with Crippen LogP contribution in [-0.2, 0) is 17.9 Å². The molecule has 110 valence electrons. The molecule has 0 saturated heterocycles. The Morgan fingerprint density at radius 2 is 2.05 bits per heavy atom. The predicted octanol–water partition coefficient (Wildman–Crippen LogP) is 2.46. The van der Waals surface area contributed by atoms with Crippen molar-refractivity contribution in [3.05, 3.63) is 48.0 Å². The summed E-state index contributed by atoms with van der Waals surface area (Å²) in [6.45, 7) is 8.67. The Hall–Kier alpha value is -1.81. The van der Waals surface area contributed by atoms with Crippen molar-refractivity contribution in [2.45, 2.75) is 26.5 Å². The standard InChI is InChI=1S/C16H25N3O/c1-4-10-18-16(17-3)19-12-14-8-6-7-9-15(14)13-20-11-5-2/h4,6-9H,1,5,10-13H2,2-3H3,(H2,17,18,19). The molecule has 0 heterocycles. The van der Waals surface area contributed by atoms with Crippen molar-refractivity contribution in [2.75, 3.05) is 20.2 Å². The zero-order valence-electron chi connectivity index (χ0n) is 12.5. The third kappa shape index (κ3) is 5.89. The molecule has 0 aliphatic carbocycles. The molecule has 4 heteroatoms. The lowest BCUT2D eigenvalue weighted by molar-refractivity contribution is 0.121. The molecule has 4 nitrogen and oxygen atoms in total. The Morgan fingerprint density at radius 1 is 1.30 bits per heavy atom. The molecular formula is C16H25N3O. The average Bonchev–Trinajstić information content (AvgIpc) is 2.49. The third-order valence-corrected chi connectivity index (χ3v) is 2.81. The van der Waals surface area contributed by atoms with Gasteiger partial charge in [0.05, 0.1) is 6.61 Å². The van der Waals surface area contributed by atoms with Crippen LogP contribution in [0.15, 0.2) is 41.9 Å². The van der Waals surface area contributed by atoms with Crippen molar-refractivity contribution >= 4 is 5.96 Å². The quantitative estimate of drug-likeness (QED) is 0.331. The number of nitrogens with one attached hydrogen (secondary N) is 2. The van der Waals surface area contributed by atoms with E-state index in [1.165, 1.54) is 11.1 Å². The van der Waals surface area contributed by atoms with Crippen LogP contribution in [0.5, 0.6) is 0 Å². The van der Waals surface area contributed by atoms with E-state index in [0.717, 1.165) is 25.5 Å². The highest BCUT2D eigenvalue weighted by atomic mass is 16.5. The van der Waals surface area contributed by atoms with E-state index < -0.39 is 0 Å². The molecule has 0 aliphatic rings. The summed E-state index contributed by atoms with van der Waals surface area (Å²) < 4.78 is 5.62. The monoisotopic (exact) mass is 275 g/mol. The molecule has 0 atom stereocenters. The Balaban J connectivity index is 2.55. The Bertz CT molecular complexity index is 429. The van der Waals surface area contributed by atoms with E-state index in [9.17, 15) is 0 Å². The van der Waals surface area contributed by atoms with Gasteiger partial charge in [-0.1, -0.05) is 37.3 Å². The van der Waals surface area contributed by atoms with Gasteiger partial charge < -0.3 is 15.4 Å². The zero-order valence-corrected chi connectivity index (χ0v) is 12.5. The topological polar surface area (TPSA) is 45.7 Å². The molecule has 20 heavy (non-hydrogen) atoms. The fraction of sp³-hybridized carbons (Fsp3) is 0.438. The van der Waals surface area contributed by atoms with Crippen LogP contribution in [0, 0.1) is 0 Å². The maximum Gasteiger partial charge on any atom is 0.191 e. The van der Waals surface area contributed by atoms with E-state index >= 15 is 0 Å². The van der Waals surface area contributed by atoms with Gasteiger partial charge in [-0.3, -0.25) is 4.99 Å². The lowest BCUT2D eigenvalue weighted by Gasteiger charge is -2.13. The van der Waals surface area contributed by atoms with Gasteiger partial charge in [-0.25, -0.2) is 0 Å². The van der Waals surface area contributed by atoms with E-state index in [-0.39, 0.29) is 0 Å². The highest BCUT2D eigenvalue weighted by Gasteiger charge is 2.03. The molecule has 0 aromatic heterocycles. The Labute approximate surface area is 121 Å². The van der Waals surface area contributed by atoms with Crippen molar-refractivity contribution in [1.82, 2.24) is 10.6 Å². The maximum absolute atomic E-state index is 5.62. The highest BCUT2D eigenvalue weighted by Crippen LogP contribution is 2.10. The highest BCUT2D eigenvalue weighted by molar-refractivity contribution is 5.79. The minimum atomic E-state index is 0.657. The van der Waals surface area contributed by atoms with Crippen LogP contribution in [-0.4, -0.2) is 26.2 Å². The first kappa shape index (κ1) is 16.2. The smallest absolute Gasteiger partial charge is 0.191 e. The summed E-state index contributed by atoms with van der Waals surface area (Å²) in [6, 6.07) is 8.30. The van der Waals surface area contributed by atoms with E-state index in [4.69, 9.17) is 4.74 Å². The average molecular weight is 275 g/mol. The molecule has 1 rings (SSSR count). The number of aliphatic imine (C=N–C) groups is 1. The van der Waals surface area contributed by atoms with Crippen molar-refractivity contribution in [3.8, 4) is 0 Å². The van der Waals surface area contributed by atoms with Gasteiger partial charge in [0.1, 0.15) is 0 Å². The van der Waals surface area contributed by atoms with Crippen molar-refractivity contribution in [3.63, 3.8) is 0 Å². The second kappa shape index (κ2) is 10.0. The second-order valence-electron chi connectivity index (χ2n) is 4.42. The van der Waals surface area contributed by atoms with E-state index in [0.29, 0.717) is 13.2 Å². The molecule has 0 fully saturated rings.